The zero-order chi connectivity index (χ0) is 13.9. The minimum absolute atomic E-state index is 0.0526. The van der Waals surface area contributed by atoms with Crippen LogP contribution in [-0.4, -0.2) is 10.1 Å². The van der Waals surface area contributed by atoms with Crippen LogP contribution in [0.3, 0.4) is 0 Å². The lowest BCUT2D eigenvalue weighted by molar-refractivity contribution is 0.382. The molecule has 20 heavy (non-hydrogen) atoms. The molecule has 0 bridgehead atoms. The highest BCUT2D eigenvalue weighted by molar-refractivity contribution is 6.31. The molecule has 3 aromatic rings. The second-order valence-electron chi connectivity index (χ2n) is 3.97. The van der Waals surface area contributed by atoms with Crippen molar-refractivity contribution in [1.82, 2.24) is 10.1 Å². The molecule has 5 nitrogen and oxygen atoms in total. The summed E-state index contributed by atoms with van der Waals surface area (Å²) in [5.74, 6) is 0.834. The SMILES string of the molecule is Fc1ccc(NCc2nc(-c3ccco3)no2)cc1Cl. The van der Waals surface area contributed by atoms with Crippen LogP contribution in [0, 0.1) is 5.82 Å². The first-order valence-electron chi connectivity index (χ1n) is 5.78. The van der Waals surface area contributed by atoms with Crippen molar-refractivity contribution in [2.45, 2.75) is 6.54 Å². The summed E-state index contributed by atoms with van der Waals surface area (Å²) in [6, 6.07) is 7.82. The predicted octanol–water partition coefficient (Wildman–Crippen LogP) is 3.73. The minimum Gasteiger partial charge on any atom is -0.461 e. The number of anilines is 1. The van der Waals surface area contributed by atoms with Crippen LogP contribution < -0.4 is 5.32 Å². The molecule has 2 aromatic heterocycles. The highest BCUT2D eigenvalue weighted by atomic mass is 35.5. The van der Waals surface area contributed by atoms with Crippen LogP contribution in [0.2, 0.25) is 5.02 Å². The van der Waals surface area contributed by atoms with E-state index in [0.717, 1.165) is 0 Å². The van der Waals surface area contributed by atoms with Crippen LogP contribution in [0.1, 0.15) is 5.89 Å². The number of benzene rings is 1. The van der Waals surface area contributed by atoms with Crippen molar-refractivity contribution in [2.24, 2.45) is 0 Å². The van der Waals surface area contributed by atoms with E-state index in [1.165, 1.54) is 18.4 Å². The standard InChI is InChI=1S/C13H9ClFN3O2/c14-9-6-8(3-4-10(9)15)16-7-12-17-13(18-20-12)11-2-1-5-19-11/h1-6,16H,7H2. The van der Waals surface area contributed by atoms with Gasteiger partial charge < -0.3 is 14.3 Å². The summed E-state index contributed by atoms with van der Waals surface area (Å²) in [5, 5.41) is 6.86. The Morgan fingerprint density at radius 1 is 1.30 bits per heavy atom. The average Bonchev–Trinajstić information content (AvgIpc) is 3.09. The fourth-order valence-corrected chi connectivity index (χ4v) is 1.80. The molecular weight excluding hydrogens is 285 g/mol. The van der Waals surface area contributed by atoms with Crippen LogP contribution >= 0.6 is 11.6 Å². The quantitative estimate of drug-likeness (QED) is 0.794. The van der Waals surface area contributed by atoms with Crippen molar-refractivity contribution in [3.63, 3.8) is 0 Å². The van der Waals surface area contributed by atoms with Gasteiger partial charge in [0.05, 0.1) is 17.8 Å². The van der Waals surface area contributed by atoms with Gasteiger partial charge in [0.15, 0.2) is 5.76 Å². The van der Waals surface area contributed by atoms with E-state index in [1.807, 2.05) is 0 Å². The van der Waals surface area contributed by atoms with E-state index >= 15 is 0 Å². The summed E-state index contributed by atoms with van der Waals surface area (Å²) >= 11 is 5.69. The summed E-state index contributed by atoms with van der Waals surface area (Å²) in [7, 11) is 0. The third kappa shape index (κ3) is 2.65. The van der Waals surface area contributed by atoms with E-state index in [4.69, 9.17) is 20.5 Å². The first-order valence-corrected chi connectivity index (χ1v) is 6.15. The number of hydrogen-bond acceptors (Lipinski definition) is 5. The number of nitrogens with zero attached hydrogens (tertiary/aromatic N) is 2. The van der Waals surface area contributed by atoms with Crippen LogP contribution in [0.5, 0.6) is 0 Å². The molecule has 0 radical (unpaired) electrons. The van der Waals surface area contributed by atoms with Crippen molar-refractivity contribution >= 4 is 17.3 Å². The van der Waals surface area contributed by atoms with Gasteiger partial charge in [-0.15, -0.1) is 0 Å². The summed E-state index contributed by atoms with van der Waals surface area (Å²) in [6.45, 7) is 0.301. The van der Waals surface area contributed by atoms with Crippen molar-refractivity contribution < 1.29 is 13.3 Å². The van der Waals surface area contributed by atoms with Crippen LogP contribution in [-0.2, 0) is 6.54 Å². The van der Waals surface area contributed by atoms with Gasteiger partial charge >= 0.3 is 0 Å². The smallest absolute Gasteiger partial charge is 0.246 e. The molecule has 0 aliphatic rings. The van der Waals surface area contributed by atoms with Crippen molar-refractivity contribution in [1.29, 1.82) is 0 Å². The number of aromatic nitrogens is 2. The van der Waals surface area contributed by atoms with Gasteiger partial charge in [0.2, 0.25) is 11.7 Å². The van der Waals surface area contributed by atoms with E-state index in [-0.39, 0.29) is 5.02 Å². The van der Waals surface area contributed by atoms with E-state index in [9.17, 15) is 4.39 Å². The molecule has 0 aliphatic heterocycles. The van der Waals surface area contributed by atoms with E-state index in [2.05, 4.69) is 15.5 Å². The lowest BCUT2D eigenvalue weighted by atomic mass is 10.3. The van der Waals surface area contributed by atoms with E-state index in [0.29, 0.717) is 29.7 Å². The summed E-state index contributed by atoms with van der Waals surface area (Å²) < 4.78 is 23.2. The summed E-state index contributed by atoms with van der Waals surface area (Å²) in [4.78, 5) is 4.17. The fraction of sp³-hybridized carbons (Fsp3) is 0.0769. The van der Waals surface area contributed by atoms with Crippen LogP contribution in [0.15, 0.2) is 45.5 Å². The van der Waals surface area contributed by atoms with E-state index < -0.39 is 5.82 Å². The minimum atomic E-state index is -0.463. The van der Waals surface area contributed by atoms with Gasteiger partial charge in [0, 0.05) is 5.69 Å². The number of furan rings is 1. The molecule has 2 heterocycles. The van der Waals surface area contributed by atoms with Gasteiger partial charge in [0.25, 0.3) is 0 Å². The van der Waals surface area contributed by atoms with Gasteiger partial charge in [-0.25, -0.2) is 4.39 Å². The van der Waals surface area contributed by atoms with Gasteiger partial charge in [0.1, 0.15) is 5.82 Å². The van der Waals surface area contributed by atoms with Crippen LogP contribution in [0.25, 0.3) is 11.6 Å². The summed E-state index contributed by atoms with van der Waals surface area (Å²) in [5.41, 5.74) is 0.661. The first kappa shape index (κ1) is 12.7. The molecule has 7 heteroatoms. The maximum atomic E-state index is 13.0. The number of nitrogens with one attached hydrogen (secondary N) is 1. The molecule has 0 aliphatic carbocycles. The Bertz CT molecular complexity index is 712. The Balaban J connectivity index is 1.68. The Kier molecular flexibility index (Phi) is 3.39. The Morgan fingerprint density at radius 3 is 2.95 bits per heavy atom. The predicted molar refractivity (Wildman–Crippen MR) is 70.7 cm³/mol. The van der Waals surface area contributed by atoms with Gasteiger partial charge in [-0.05, 0) is 30.3 Å². The Labute approximate surface area is 118 Å². The number of halogens is 2. The first-order chi connectivity index (χ1) is 9.72. The zero-order valence-electron chi connectivity index (χ0n) is 10.1. The monoisotopic (exact) mass is 293 g/mol. The maximum Gasteiger partial charge on any atom is 0.246 e. The molecule has 0 saturated heterocycles. The molecule has 0 unspecified atom stereocenters. The average molecular weight is 294 g/mol. The Hall–Kier alpha value is -2.34. The molecule has 0 atom stereocenters. The molecule has 102 valence electrons. The number of hydrogen-bond donors (Lipinski definition) is 1. The van der Waals surface area contributed by atoms with Crippen molar-refractivity contribution in [3.05, 3.63) is 53.3 Å². The molecule has 0 amide bonds. The third-order valence-corrected chi connectivity index (χ3v) is 2.86. The van der Waals surface area contributed by atoms with Gasteiger partial charge in [-0.1, -0.05) is 16.8 Å². The maximum absolute atomic E-state index is 13.0. The number of rotatable bonds is 4. The largest absolute Gasteiger partial charge is 0.461 e. The van der Waals surface area contributed by atoms with Gasteiger partial charge in [-0.3, -0.25) is 0 Å². The normalized spacial score (nSPS) is 10.7. The molecule has 0 fully saturated rings. The molecule has 1 aromatic carbocycles. The third-order valence-electron chi connectivity index (χ3n) is 2.57. The highest BCUT2D eigenvalue weighted by Gasteiger charge is 2.10. The molecule has 3 rings (SSSR count). The molecular formula is C13H9ClFN3O2. The lowest BCUT2D eigenvalue weighted by Gasteiger charge is -2.03. The van der Waals surface area contributed by atoms with E-state index in [1.54, 1.807) is 18.2 Å². The fourth-order valence-electron chi connectivity index (χ4n) is 1.62. The summed E-state index contributed by atoms with van der Waals surface area (Å²) in [6.07, 6.45) is 1.53. The van der Waals surface area contributed by atoms with Crippen LogP contribution in [0.4, 0.5) is 10.1 Å². The second kappa shape index (κ2) is 5.34. The van der Waals surface area contributed by atoms with Crippen molar-refractivity contribution in [2.75, 3.05) is 5.32 Å². The molecule has 1 N–H and O–H groups in total. The second-order valence-corrected chi connectivity index (χ2v) is 4.38. The zero-order valence-corrected chi connectivity index (χ0v) is 10.9. The van der Waals surface area contributed by atoms with Gasteiger partial charge in [-0.2, -0.15) is 4.98 Å². The topological polar surface area (TPSA) is 64.1 Å². The molecule has 0 saturated carbocycles. The molecule has 0 spiro atoms. The Morgan fingerprint density at radius 2 is 2.20 bits per heavy atom. The van der Waals surface area contributed by atoms with Crippen molar-refractivity contribution in [3.8, 4) is 11.6 Å². The lowest BCUT2D eigenvalue weighted by Crippen LogP contribution is -1.99. The highest BCUT2D eigenvalue weighted by Crippen LogP contribution is 2.20.